The molecule has 20 heavy (non-hydrogen) atoms. The van der Waals surface area contributed by atoms with Crippen LogP contribution in [0, 0.1) is 23.2 Å². The van der Waals surface area contributed by atoms with Crippen LogP contribution >= 0.6 is 0 Å². The van der Waals surface area contributed by atoms with Gasteiger partial charge in [-0.1, -0.05) is 0 Å². The first-order valence-electron chi connectivity index (χ1n) is 7.60. The van der Waals surface area contributed by atoms with Gasteiger partial charge in [-0.3, -0.25) is 0 Å². The van der Waals surface area contributed by atoms with Crippen LogP contribution in [0.4, 0.5) is 5.82 Å². The van der Waals surface area contributed by atoms with E-state index < -0.39 is 5.97 Å². The number of aromatic nitrogens is 2. The Labute approximate surface area is 118 Å². The van der Waals surface area contributed by atoms with Gasteiger partial charge >= 0.3 is 5.97 Å². The maximum atomic E-state index is 11.0. The second kappa shape index (κ2) is 3.99. The van der Waals surface area contributed by atoms with E-state index in [1.54, 1.807) is 4.68 Å². The van der Waals surface area contributed by atoms with Crippen molar-refractivity contribution in [2.75, 3.05) is 5.73 Å². The molecular formula is C15H21N3O2. The molecule has 0 aliphatic heterocycles. The lowest BCUT2D eigenvalue weighted by atomic mass is 9.49. The van der Waals surface area contributed by atoms with Crippen LogP contribution in [0.5, 0.6) is 0 Å². The Morgan fingerprint density at radius 3 is 2.30 bits per heavy atom. The summed E-state index contributed by atoms with van der Waals surface area (Å²) in [6.07, 6.45) is 8.07. The second-order valence-electron chi connectivity index (χ2n) is 7.33. The Morgan fingerprint density at radius 1 is 1.30 bits per heavy atom. The van der Waals surface area contributed by atoms with E-state index in [-0.39, 0.29) is 5.69 Å². The van der Waals surface area contributed by atoms with Crippen LogP contribution in [-0.4, -0.2) is 20.9 Å². The van der Waals surface area contributed by atoms with Gasteiger partial charge in [-0.15, -0.1) is 0 Å². The summed E-state index contributed by atoms with van der Waals surface area (Å²) >= 11 is 0. The van der Waals surface area contributed by atoms with Crippen molar-refractivity contribution in [1.29, 1.82) is 0 Å². The first kappa shape index (κ1) is 12.2. The third-order valence-electron chi connectivity index (χ3n) is 5.68. The van der Waals surface area contributed by atoms with Gasteiger partial charge in [0, 0.05) is 12.6 Å². The molecule has 4 bridgehead atoms. The van der Waals surface area contributed by atoms with Crippen molar-refractivity contribution in [3.63, 3.8) is 0 Å². The van der Waals surface area contributed by atoms with Crippen molar-refractivity contribution in [2.45, 2.75) is 45.1 Å². The number of anilines is 1. The fourth-order valence-electron chi connectivity index (χ4n) is 5.46. The van der Waals surface area contributed by atoms with E-state index in [4.69, 9.17) is 10.8 Å². The van der Waals surface area contributed by atoms with Gasteiger partial charge in [0.25, 0.3) is 0 Å². The molecule has 3 N–H and O–H groups in total. The van der Waals surface area contributed by atoms with Crippen LogP contribution < -0.4 is 5.73 Å². The number of carboxylic acid groups (broad SMARTS) is 1. The molecule has 4 fully saturated rings. The number of aromatic carboxylic acids is 1. The summed E-state index contributed by atoms with van der Waals surface area (Å²) in [4.78, 5) is 11.0. The van der Waals surface area contributed by atoms with E-state index in [9.17, 15) is 4.79 Å². The molecule has 5 rings (SSSR count). The number of carboxylic acids is 1. The topological polar surface area (TPSA) is 81.1 Å². The van der Waals surface area contributed by atoms with Crippen LogP contribution in [0.1, 0.15) is 49.0 Å². The minimum Gasteiger partial charge on any atom is -0.476 e. The lowest BCUT2D eigenvalue weighted by molar-refractivity contribution is -0.0632. The summed E-state index contributed by atoms with van der Waals surface area (Å²) in [5.74, 6) is 2.14. The standard InChI is InChI=1S/C15H21N3O2/c16-13-4-12(14(19)20)17-18(13)8-15-5-9-1-10(6-15)3-11(2-9)7-15/h4,9-11H,1-3,5-8,16H2,(H,19,20). The van der Waals surface area contributed by atoms with Gasteiger partial charge in [-0.05, 0) is 61.7 Å². The van der Waals surface area contributed by atoms with Crippen molar-refractivity contribution >= 4 is 11.8 Å². The molecule has 1 heterocycles. The van der Waals surface area contributed by atoms with E-state index in [1.807, 2.05) is 0 Å². The second-order valence-corrected chi connectivity index (χ2v) is 7.33. The average molecular weight is 275 g/mol. The molecule has 0 saturated heterocycles. The van der Waals surface area contributed by atoms with E-state index >= 15 is 0 Å². The molecule has 1 aromatic rings. The smallest absolute Gasteiger partial charge is 0.356 e. The molecule has 0 amide bonds. The number of rotatable bonds is 3. The number of nitrogens with two attached hydrogens (primary N) is 1. The van der Waals surface area contributed by atoms with Crippen LogP contribution in [0.15, 0.2) is 6.07 Å². The number of nitrogens with zero attached hydrogens (tertiary/aromatic N) is 2. The molecule has 0 atom stereocenters. The third kappa shape index (κ3) is 1.83. The Balaban J connectivity index is 1.61. The molecule has 108 valence electrons. The minimum absolute atomic E-state index is 0.0622. The number of carbonyl (C=O) groups is 1. The molecule has 1 aromatic heterocycles. The fourth-order valence-corrected chi connectivity index (χ4v) is 5.46. The molecular weight excluding hydrogens is 254 g/mol. The van der Waals surface area contributed by atoms with E-state index in [0.29, 0.717) is 11.2 Å². The molecule has 0 unspecified atom stereocenters. The fraction of sp³-hybridized carbons (Fsp3) is 0.733. The predicted octanol–water partition coefficient (Wildman–Crippen LogP) is 2.38. The molecule has 5 heteroatoms. The highest BCUT2D eigenvalue weighted by Crippen LogP contribution is 2.60. The summed E-state index contributed by atoms with van der Waals surface area (Å²) in [7, 11) is 0. The number of hydrogen-bond acceptors (Lipinski definition) is 3. The number of hydrogen-bond donors (Lipinski definition) is 2. The van der Waals surface area contributed by atoms with Crippen molar-refractivity contribution in [2.24, 2.45) is 23.2 Å². The van der Waals surface area contributed by atoms with E-state index in [0.717, 1.165) is 24.3 Å². The zero-order valence-electron chi connectivity index (χ0n) is 11.6. The van der Waals surface area contributed by atoms with E-state index in [1.165, 1.54) is 44.6 Å². The highest BCUT2D eigenvalue weighted by Gasteiger charge is 2.51. The highest BCUT2D eigenvalue weighted by molar-refractivity contribution is 5.86. The summed E-state index contributed by atoms with van der Waals surface area (Å²) in [5, 5.41) is 13.2. The Bertz CT molecular complexity index is 528. The molecule has 5 nitrogen and oxygen atoms in total. The monoisotopic (exact) mass is 275 g/mol. The molecule has 4 aliphatic carbocycles. The van der Waals surface area contributed by atoms with Gasteiger partial charge < -0.3 is 10.8 Å². The van der Waals surface area contributed by atoms with Crippen molar-refractivity contribution in [1.82, 2.24) is 9.78 Å². The third-order valence-corrected chi connectivity index (χ3v) is 5.68. The summed E-state index contributed by atoms with van der Waals surface area (Å²) in [5.41, 5.74) is 6.33. The summed E-state index contributed by atoms with van der Waals surface area (Å²) in [6.45, 7) is 0.801. The Morgan fingerprint density at radius 2 is 1.85 bits per heavy atom. The predicted molar refractivity (Wildman–Crippen MR) is 74.2 cm³/mol. The summed E-state index contributed by atoms with van der Waals surface area (Å²) < 4.78 is 1.73. The van der Waals surface area contributed by atoms with Gasteiger partial charge in [0.2, 0.25) is 0 Å². The highest BCUT2D eigenvalue weighted by atomic mass is 16.4. The molecule has 0 radical (unpaired) electrons. The zero-order chi connectivity index (χ0) is 13.9. The largest absolute Gasteiger partial charge is 0.476 e. The normalized spacial score (nSPS) is 38.3. The van der Waals surface area contributed by atoms with Crippen LogP contribution in [-0.2, 0) is 6.54 Å². The van der Waals surface area contributed by atoms with Crippen molar-refractivity contribution < 1.29 is 9.90 Å². The SMILES string of the molecule is Nc1cc(C(=O)O)nn1CC12CC3CC(CC(C3)C1)C2. The Hall–Kier alpha value is -1.52. The van der Waals surface area contributed by atoms with Crippen LogP contribution in [0.3, 0.4) is 0 Å². The quantitative estimate of drug-likeness (QED) is 0.887. The van der Waals surface area contributed by atoms with Crippen LogP contribution in [0.25, 0.3) is 0 Å². The molecule has 0 aromatic carbocycles. The van der Waals surface area contributed by atoms with Crippen molar-refractivity contribution in [3.8, 4) is 0 Å². The minimum atomic E-state index is -0.999. The van der Waals surface area contributed by atoms with E-state index in [2.05, 4.69) is 5.10 Å². The molecule has 4 saturated carbocycles. The van der Waals surface area contributed by atoms with Gasteiger partial charge in [0.05, 0.1) is 0 Å². The number of nitrogen functional groups attached to an aromatic ring is 1. The average Bonchev–Trinajstić information content (AvgIpc) is 2.68. The van der Waals surface area contributed by atoms with Gasteiger partial charge in [-0.25, -0.2) is 9.48 Å². The van der Waals surface area contributed by atoms with Crippen LogP contribution in [0.2, 0.25) is 0 Å². The van der Waals surface area contributed by atoms with Crippen molar-refractivity contribution in [3.05, 3.63) is 11.8 Å². The molecule has 4 aliphatic rings. The van der Waals surface area contributed by atoms with Gasteiger partial charge in [0.15, 0.2) is 5.69 Å². The maximum Gasteiger partial charge on any atom is 0.356 e. The van der Waals surface area contributed by atoms with Gasteiger partial charge in [-0.2, -0.15) is 5.10 Å². The first-order chi connectivity index (χ1) is 9.53. The lowest BCUT2D eigenvalue weighted by Crippen LogP contribution is -2.48. The zero-order valence-corrected chi connectivity index (χ0v) is 11.6. The Kier molecular flexibility index (Phi) is 2.44. The first-order valence-corrected chi connectivity index (χ1v) is 7.60. The summed E-state index contributed by atoms with van der Waals surface area (Å²) in [6, 6.07) is 1.48. The molecule has 0 spiro atoms. The van der Waals surface area contributed by atoms with Gasteiger partial charge in [0.1, 0.15) is 5.82 Å². The maximum absolute atomic E-state index is 11.0. The lowest BCUT2D eigenvalue weighted by Gasteiger charge is -2.56.